The van der Waals surface area contributed by atoms with E-state index in [1.807, 2.05) is 24.3 Å². The second kappa shape index (κ2) is 8.10. The normalized spacial score (nSPS) is 13.0. The molecule has 5 nitrogen and oxygen atoms in total. The van der Waals surface area contributed by atoms with Gasteiger partial charge in [-0.15, -0.1) is 0 Å². The van der Waals surface area contributed by atoms with Gasteiger partial charge in [0, 0.05) is 29.2 Å². The standard InChI is InChI=1S/C31H23N5/c32-20-22-11-5-4-10-21(22)18-19-35-26-16-8-6-14-24(26)28-30(35)33-29-25-15-7-9-17-27(25)36(31(29)34-28)23-12-2-1-3-13-23/h1-18,20H,19,32H2/b21-18-,22-20-. The summed E-state index contributed by atoms with van der Waals surface area (Å²) in [5.74, 6) is 0. The van der Waals surface area contributed by atoms with Crippen LogP contribution in [0.1, 0.15) is 0 Å². The highest BCUT2D eigenvalue weighted by Crippen LogP contribution is 2.34. The molecule has 4 aromatic carbocycles. The maximum Gasteiger partial charge on any atom is 0.165 e. The SMILES string of the molecule is N/C=c1/cccc/c1=C/Cn1c2ccccc2c2nc3c(nc21)c1ccccc1n3-c1ccccc1. The molecular formula is C31H23N5. The van der Waals surface area contributed by atoms with Crippen molar-refractivity contribution in [1.29, 1.82) is 0 Å². The van der Waals surface area contributed by atoms with Crippen molar-refractivity contribution in [2.75, 3.05) is 0 Å². The molecule has 0 fully saturated rings. The van der Waals surface area contributed by atoms with Gasteiger partial charge in [-0.2, -0.15) is 0 Å². The van der Waals surface area contributed by atoms with Crippen LogP contribution >= 0.6 is 0 Å². The zero-order valence-electron chi connectivity index (χ0n) is 19.5. The van der Waals surface area contributed by atoms with Gasteiger partial charge in [-0.05, 0) is 34.7 Å². The quantitative estimate of drug-likeness (QED) is 0.405. The first-order chi connectivity index (χ1) is 17.8. The lowest BCUT2D eigenvalue weighted by Gasteiger charge is -2.06. The highest BCUT2D eigenvalue weighted by atomic mass is 15.1. The van der Waals surface area contributed by atoms with Crippen molar-refractivity contribution in [3.8, 4) is 5.69 Å². The van der Waals surface area contributed by atoms with Crippen LogP contribution in [0, 0.1) is 0 Å². The van der Waals surface area contributed by atoms with Gasteiger partial charge in [-0.25, -0.2) is 9.97 Å². The molecule has 36 heavy (non-hydrogen) atoms. The number of hydrogen-bond acceptors (Lipinski definition) is 3. The van der Waals surface area contributed by atoms with E-state index in [1.54, 1.807) is 6.20 Å². The van der Waals surface area contributed by atoms with E-state index in [0.29, 0.717) is 6.54 Å². The van der Waals surface area contributed by atoms with Crippen LogP contribution in [0.4, 0.5) is 0 Å². The molecule has 7 rings (SSSR count). The van der Waals surface area contributed by atoms with E-state index in [1.165, 1.54) is 0 Å². The van der Waals surface area contributed by atoms with Crippen molar-refractivity contribution in [2.24, 2.45) is 5.73 Å². The molecule has 0 bridgehead atoms. The van der Waals surface area contributed by atoms with Crippen LogP contribution in [0.5, 0.6) is 0 Å². The number of hydrogen-bond donors (Lipinski definition) is 1. The van der Waals surface area contributed by atoms with Gasteiger partial charge >= 0.3 is 0 Å². The molecule has 0 unspecified atom stereocenters. The molecule has 172 valence electrons. The van der Waals surface area contributed by atoms with Crippen molar-refractivity contribution in [3.63, 3.8) is 0 Å². The third kappa shape index (κ3) is 3.03. The van der Waals surface area contributed by atoms with E-state index in [4.69, 9.17) is 15.7 Å². The number of aromatic nitrogens is 4. The molecule has 0 radical (unpaired) electrons. The Balaban J connectivity index is 1.57. The van der Waals surface area contributed by atoms with Crippen molar-refractivity contribution < 1.29 is 0 Å². The van der Waals surface area contributed by atoms with Gasteiger partial charge in [0.25, 0.3) is 0 Å². The maximum atomic E-state index is 5.87. The first-order valence-corrected chi connectivity index (χ1v) is 12.0. The molecule has 0 aliphatic heterocycles. The zero-order chi connectivity index (χ0) is 24.1. The minimum atomic E-state index is 0.659. The molecule has 0 spiro atoms. The molecule has 0 atom stereocenters. The second-order valence-electron chi connectivity index (χ2n) is 8.88. The Morgan fingerprint density at radius 2 is 1.19 bits per heavy atom. The van der Waals surface area contributed by atoms with Crippen LogP contribution in [0.2, 0.25) is 0 Å². The summed E-state index contributed by atoms with van der Waals surface area (Å²) in [4.78, 5) is 10.5. The van der Waals surface area contributed by atoms with E-state index >= 15 is 0 Å². The third-order valence-corrected chi connectivity index (χ3v) is 6.86. The number of fused-ring (bicyclic) bond motifs is 6. The molecule has 0 saturated carbocycles. The minimum absolute atomic E-state index is 0.659. The van der Waals surface area contributed by atoms with Crippen LogP contribution in [0.25, 0.3) is 62.1 Å². The number of nitrogens with two attached hydrogens (primary N) is 1. The third-order valence-electron chi connectivity index (χ3n) is 6.86. The first kappa shape index (κ1) is 20.5. The summed E-state index contributed by atoms with van der Waals surface area (Å²) in [5, 5.41) is 4.30. The van der Waals surface area contributed by atoms with Gasteiger partial charge in [0.15, 0.2) is 11.3 Å². The minimum Gasteiger partial charge on any atom is -0.404 e. The predicted molar refractivity (Wildman–Crippen MR) is 148 cm³/mol. The average Bonchev–Trinajstić information content (AvgIpc) is 3.43. The smallest absolute Gasteiger partial charge is 0.165 e. The van der Waals surface area contributed by atoms with Crippen LogP contribution in [-0.4, -0.2) is 19.1 Å². The van der Waals surface area contributed by atoms with E-state index in [-0.39, 0.29) is 0 Å². The van der Waals surface area contributed by atoms with E-state index in [0.717, 1.165) is 60.3 Å². The fraction of sp³-hybridized carbons (Fsp3) is 0.0323. The molecule has 7 aromatic rings. The number of nitrogens with zero attached hydrogens (tertiary/aromatic N) is 4. The van der Waals surface area contributed by atoms with Crippen LogP contribution in [0.15, 0.2) is 103 Å². The Labute approximate surface area is 207 Å². The second-order valence-corrected chi connectivity index (χ2v) is 8.88. The van der Waals surface area contributed by atoms with Crippen molar-refractivity contribution >= 4 is 56.4 Å². The van der Waals surface area contributed by atoms with E-state index < -0.39 is 0 Å². The van der Waals surface area contributed by atoms with Crippen molar-refractivity contribution in [3.05, 3.63) is 114 Å². The van der Waals surface area contributed by atoms with Crippen LogP contribution in [-0.2, 0) is 6.54 Å². The fourth-order valence-corrected chi connectivity index (χ4v) is 5.19. The van der Waals surface area contributed by atoms with Gasteiger partial charge in [0.1, 0.15) is 11.0 Å². The Morgan fingerprint density at radius 3 is 1.97 bits per heavy atom. The average molecular weight is 466 g/mol. The van der Waals surface area contributed by atoms with Crippen molar-refractivity contribution in [1.82, 2.24) is 19.1 Å². The Bertz CT molecular complexity index is 2030. The largest absolute Gasteiger partial charge is 0.404 e. The number of benzene rings is 4. The summed E-state index contributed by atoms with van der Waals surface area (Å²) in [5.41, 5.74) is 12.7. The van der Waals surface area contributed by atoms with Gasteiger partial charge in [0.2, 0.25) is 0 Å². The maximum absolute atomic E-state index is 5.87. The van der Waals surface area contributed by atoms with E-state index in [9.17, 15) is 0 Å². The molecule has 3 heterocycles. The number of para-hydroxylation sites is 3. The molecular weight excluding hydrogens is 442 g/mol. The topological polar surface area (TPSA) is 61.7 Å². The molecule has 2 N–H and O–H groups in total. The van der Waals surface area contributed by atoms with Crippen molar-refractivity contribution in [2.45, 2.75) is 6.54 Å². The molecule has 0 aliphatic rings. The van der Waals surface area contributed by atoms with Gasteiger partial charge in [-0.3, -0.25) is 4.57 Å². The Kier molecular flexibility index (Phi) is 4.61. The van der Waals surface area contributed by atoms with E-state index in [2.05, 4.69) is 94.1 Å². The Hall–Kier alpha value is -4.90. The molecule has 0 amide bonds. The Morgan fingerprint density at radius 1 is 0.611 bits per heavy atom. The fourth-order valence-electron chi connectivity index (χ4n) is 5.19. The highest BCUT2D eigenvalue weighted by Gasteiger charge is 2.19. The zero-order valence-corrected chi connectivity index (χ0v) is 19.5. The van der Waals surface area contributed by atoms with Gasteiger partial charge in [-0.1, -0.05) is 84.9 Å². The number of rotatable bonds is 3. The summed E-state index contributed by atoms with van der Waals surface area (Å²) >= 11 is 0. The lowest BCUT2D eigenvalue weighted by atomic mass is 10.2. The summed E-state index contributed by atoms with van der Waals surface area (Å²) < 4.78 is 4.46. The summed E-state index contributed by atoms with van der Waals surface area (Å²) in [7, 11) is 0. The molecule has 5 heteroatoms. The van der Waals surface area contributed by atoms with Gasteiger partial charge in [0.05, 0.1) is 11.0 Å². The first-order valence-electron chi connectivity index (χ1n) is 12.0. The lowest BCUT2D eigenvalue weighted by molar-refractivity contribution is 0.916. The van der Waals surface area contributed by atoms with Gasteiger partial charge < -0.3 is 10.3 Å². The summed E-state index contributed by atoms with van der Waals surface area (Å²) in [6.07, 6.45) is 3.85. The lowest BCUT2D eigenvalue weighted by Crippen LogP contribution is -2.25. The predicted octanol–water partition coefficient (Wildman–Crippen LogP) is 4.86. The van der Waals surface area contributed by atoms with Crippen LogP contribution < -0.4 is 16.2 Å². The molecule has 0 saturated heterocycles. The molecule has 3 aromatic heterocycles. The monoisotopic (exact) mass is 465 g/mol. The highest BCUT2D eigenvalue weighted by molar-refractivity contribution is 6.11. The van der Waals surface area contributed by atoms with Crippen LogP contribution in [0.3, 0.4) is 0 Å². The summed E-state index contributed by atoms with van der Waals surface area (Å²) in [6.45, 7) is 0.659. The molecule has 0 aliphatic carbocycles. The summed E-state index contributed by atoms with van der Waals surface area (Å²) in [6, 6.07) is 35.3.